The molecule has 7 heteroatoms. The van der Waals surface area contributed by atoms with Crippen molar-refractivity contribution in [3.05, 3.63) is 29.0 Å². The Hall–Kier alpha value is -1.82. The van der Waals surface area contributed by atoms with Crippen molar-refractivity contribution in [1.29, 1.82) is 0 Å². The molecule has 1 aromatic carbocycles. The fourth-order valence-electron chi connectivity index (χ4n) is 1.29. The average Bonchev–Trinajstić information content (AvgIpc) is 2.34. The lowest BCUT2D eigenvalue weighted by Crippen LogP contribution is -2.31. The van der Waals surface area contributed by atoms with Gasteiger partial charge in [-0.1, -0.05) is 17.7 Å². The number of hydrogen-bond acceptors (Lipinski definition) is 3. The second-order valence-electron chi connectivity index (χ2n) is 3.53. The fourth-order valence-corrected chi connectivity index (χ4v) is 1.50. The molecule has 1 aromatic rings. The minimum absolute atomic E-state index is 0.0479. The molecule has 5 nitrogen and oxygen atoms in total. The molecular formula is C12H14ClFN2O3. The Labute approximate surface area is 115 Å². The number of hydrogen-bond donors (Lipinski definition) is 2. The molecule has 0 aromatic heterocycles. The maximum atomic E-state index is 13.4. The van der Waals surface area contributed by atoms with Crippen molar-refractivity contribution < 1.29 is 18.7 Å². The SMILES string of the molecule is CCOC(=O)CCNC(=O)Nc1c(F)cccc1Cl. The molecule has 0 spiro atoms. The zero-order chi connectivity index (χ0) is 14.3. The summed E-state index contributed by atoms with van der Waals surface area (Å²) >= 11 is 5.74. The summed E-state index contributed by atoms with van der Waals surface area (Å²) in [6, 6.07) is 3.43. The highest BCUT2D eigenvalue weighted by Gasteiger charge is 2.10. The molecule has 19 heavy (non-hydrogen) atoms. The zero-order valence-electron chi connectivity index (χ0n) is 10.3. The van der Waals surface area contributed by atoms with E-state index in [0.29, 0.717) is 0 Å². The molecule has 0 fully saturated rings. The number of para-hydroxylation sites is 1. The van der Waals surface area contributed by atoms with Crippen LogP contribution in [0.3, 0.4) is 0 Å². The van der Waals surface area contributed by atoms with Crippen LogP contribution in [0.5, 0.6) is 0 Å². The topological polar surface area (TPSA) is 67.4 Å². The number of urea groups is 1. The van der Waals surface area contributed by atoms with Gasteiger partial charge in [-0.15, -0.1) is 0 Å². The number of rotatable bonds is 5. The summed E-state index contributed by atoms with van der Waals surface area (Å²) in [5.74, 6) is -1.04. The summed E-state index contributed by atoms with van der Waals surface area (Å²) in [5.41, 5.74) is -0.0993. The van der Waals surface area contributed by atoms with Crippen molar-refractivity contribution in [2.24, 2.45) is 0 Å². The quantitative estimate of drug-likeness (QED) is 0.818. The third-order valence-corrected chi connectivity index (χ3v) is 2.44. The van der Waals surface area contributed by atoms with Crippen molar-refractivity contribution in [2.45, 2.75) is 13.3 Å². The number of carbonyl (C=O) groups excluding carboxylic acids is 2. The van der Waals surface area contributed by atoms with Crippen LogP contribution in [0.15, 0.2) is 18.2 Å². The standard InChI is InChI=1S/C12H14ClFN2O3/c1-2-19-10(17)6-7-15-12(18)16-11-8(13)4-3-5-9(11)14/h3-5H,2,6-7H2,1H3,(H2,15,16,18). The number of benzene rings is 1. The lowest BCUT2D eigenvalue weighted by Gasteiger charge is -2.09. The van der Waals surface area contributed by atoms with Gasteiger partial charge in [0.25, 0.3) is 0 Å². The van der Waals surface area contributed by atoms with Gasteiger partial charge in [-0.05, 0) is 19.1 Å². The van der Waals surface area contributed by atoms with Crippen LogP contribution in [0.2, 0.25) is 5.02 Å². The van der Waals surface area contributed by atoms with Crippen LogP contribution in [0.4, 0.5) is 14.9 Å². The molecule has 0 saturated heterocycles. The Morgan fingerprint density at radius 2 is 2.16 bits per heavy atom. The van der Waals surface area contributed by atoms with Gasteiger partial charge in [-0.2, -0.15) is 0 Å². The van der Waals surface area contributed by atoms with E-state index in [9.17, 15) is 14.0 Å². The number of ether oxygens (including phenoxy) is 1. The van der Waals surface area contributed by atoms with Crippen molar-refractivity contribution in [2.75, 3.05) is 18.5 Å². The second-order valence-corrected chi connectivity index (χ2v) is 3.94. The summed E-state index contributed by atoms with van der Waals surface area (Å²) in [4.78, 5) is 22.5. The lowest BCUT2D eigenvalue weighted by atomic mass is 10.3. The van der Waals surface area contributed by atoms with Crippen molar-refractivity contribution in [3.63, 3.8) is 0 Å². The highest BCUT2D eigenvalue weighted by atomic mass is 35.5. The summed E-state index contributed by atoms with van der Waals surface area (Å²) in [6.07, 6.45) is 0.0479. The number of carbonyl (C=O) groups is 2. The van der Waals surface area contributed by atoms with Gasteiger partial charge in [0.05, 0.1) is 23.7 Å². The van der Waals surface area contributed by atoms with Gasteiger partial charge in [0.15, 0.2) is 0 Å². The maximum absolute atomic E-state index is 13.4. The van der Waals surface area contributed by atoms with Crippen LogP contribution >= 0.6 is 11.6 Å². The van der Waals surface area contributed by atoms with Gasteiger partial charge in [-0.25, -0.2) is 9.18 Å². The van der Waals surface area contributed by atoms with Crippen molar-refractivity contribution >= 4 is 29.3 Å². The Balaban J connectivity index is 2.41. The maximum Gasteiger partial charge on any atom is 0.319 e. The van der Waals surface area contributed by atoms with Gasteiger partial charge < -0.3 is 15.4 Å². The van der Waals surface area contributed by atoms with E-state index in [4.69, 9.17) is 11.6 Å². The van der Waals surface area contributed by atoms with Crippen LogP contribution in [0.1, 0.15) is 13.3 Å². The van der Waals surface area contributed by atoms with Gasteiger partial charge >= 0.3 is 12.0 Å². The minimum atomic E-state index is -0.642. The van der Waals surface area contributed by atoms with E-state index in [1.807, 2.05) is 0 Å². The van der Waals surface area contributed by atoms with E-state index >= 15 is 0 Å². The minimum Gasteiger partial charge on any atom is -0.466 e. The molecule has 2 N–H and O–H groups in total. The van der Waals surface area contributed by atoms with Crippen LogP contribution in [0, 0.1) is 5.82 Å². The van der Waals surface area contributed by atoms with Crippen LogP contribution in [0.25, 0.3) is 0 Å². The Morgan fingerprint density at radius 1 is 1.42 bits per heavy atom. The molecule has 0 saturated carbocycles. The van der Waals surface area contributed by atoms with Crippen molar-refractivity contribution in [1.82, 2.24) is 5.32 Å². The van der Waals surface area contributed by atoms with E-state index in [-0.39, 0.29) is 30.3 Å². The normalized spacial score (nSPS) is 9.84. The predicted octanol–water partition coefficient (Wildman–Crippen LogP) is 2.55. The number of anilines is 1. The van der Waals surface area contributed by atoms with Gasteiger partial charge in [0.2, 0.25) is 0 Å². The molecule has 2 amide bonds. The second kappa shape index (κ2) is 7.58. The Kier molecular flexibility index (Phi) is 6.08. The van der Waals surface area contributed by atoms with E-state index in [1.165, 1.54) is 18.2 Å². The molecule has 0 bridgehead atoms. The molecule has 104 valence electrons. The first-order valence-electron chi connectivity index (χ1n) is 5.69. The Morgan fingerprint density at radius 3 is 2.79 bits per heavy atom. The molecule has 0 atom stereocenters. The van der Waals surface area contributed by atoms with Crippen LogP contribution < -0.4 is 10.6 Å². The predicted molar refractivity (Wildman–Crippen MR) is 69.7 cm³/mol. The fraction of sp³-hybridized carbons (Fsp3) is 0.333. The van der Waals surface area contributed by atoms with E-state index in [2.05, 4.69) is 15.4 Å². The average molecular weight is 289 g/mol. The molecule has 0 radical (unpaired) electrons. The highest BCUT2D eigenvalue weighted by molar-refractivity contribution is 6.33. The smallest absolute Gasteiger partial charge is 0.319 e. The third-order valence-electron chi connectivity index (χ3n) is 2.12. The molecule has 1 rings (SSSR count). The van der Waals surface area contributed by atoms with Gasteiger partial charge in [0, 0.05) is 6.54 Å². The third kappa shape index (κ3) is 5.13. The number of nitrogens with one attached hydrogen (secondary N) is 2. The molecule has 0 aliphatic rings. The molecule has 0 aliphatic heterocycles. The van der Waals surface area contributed by atoms with E-state index < -0.39 is 17.8 Å². The Bertz CT molecular complexity index is 448. The monoisotopic (exact) mass is 288 g/mol. The first-order valence-corrected chi connectivity index (χ1v) is 6.07. The van der Waals surface area contributed by atoms with Gasteiger partial charge in [-0.3, -0.25) is 4.79 Å². The van der Waals surface area contributed by atoms with Crippen molar-refractivity contribution in [3.8, 4) is 0 Å². The van der Waals surface area contributed by atoms with E-state index in [1.54, 1.807) is 6.92 Å². The van der Waals surface area contributed by atoms with E-state index in [0.717, 1.165) is 0 Å². The molecular weight excluding hydrogens is 275 g/mol. The largest absolute Gasteiger partial charge is 0.466 e. The summed E-state index contributed by atoms with van der Waals surface area (Å²) in [7, 11) is 0. The molecule has 0 aliphatic carbocycles. The first kappa shape index (κ1) is 15.2. The van der Waals surface area contributed by atoms with Crippen LogP contribution in [-0.4, -0.2) is 25.2 Å². The first-order chi connectivity index (χ1) is 9.04. The number of esters is 1. The number of halogens is 2. The molecule has 0 heterocycles. The molecule has 0 unspecified atom stereocenters. The van der Waals surface area contributed by atoms with Crippen LogP contribution in [-0.2, 0) is 9.53 Å². The summed E-state index contributed by atoms with van der Waals surface area (Å²) in [6.45, 7) is 2.07. The zero-order valence-corrected chi connectivity index (χ0v) is 11.1. The van der Waals surface area contributed by atoms with Gasteiger partial charge in [0.1, 0.15) is 5.82 Å². The summed E-state index contributed by atoms with van der Waals surface area (Å²) in [5, 5.41) is 4.77. The lowest BCUT2D eigenvalue weighted by molar-refractivity contribution is -0.142. The summed E-state index contributed by atoms with van der Waals surface area (Å²) < 4.78 is 18.0. The highest BCUT2D eigenvalue weighted by Crippen LogP contribution is 2.24. The number of amides is 2.